The zero-order valence-electron chi connectivity index (χ0n) is 12.7. The van der Waals surface area contributed by atoms with Crippen molar-refractivity contribution in [2.75, 3.05) is 19.0 Å². The predicted molar refractivity (Wildman–Crippen MR) is 97.3 cm³/mol. The molecule has 0 bridgehead atoms. The van der Waals surface area contributed by atoms with Gasteiger partial charge in [0.1, 0.15) is 10.7 Å². The van der Waals surface area contributed by atoms with Crippen LogP contribution in [0.2, 0.25) is 0 Å². The van der Waals surface area contributed by atoms with Gasteiger partial charge in [0.2, 0.25) is 0 Å². The lowest BCUT2D eigenvalue weighted by Gasteiger charge is -2.09. The van der Waals surface area contributed by atoms with Gasteiger partial charge in [-0.1, -0.05) is 6.07 Å². The second-order valence-electron chi connectivity index (χ2n) is 5.03. The summed E-state index contributed by atoms with van der Waals surface area (Å²) in [6.45, 7) is 0. The van der Waals surface area contributed by atoms with E-state index in [1.54, 1.807) is 46.9 Å². The fourth-order valence-corrected chi connectivity index (χ4v) is 3.86. The molecule has 114 valence electrons. The number of benzene rings is 1. The van der Waals surface area contributed by atoms with Crippen LogP contribution in [0.3, 0.4) is 0 Å². The third kappa shape index (κ3) is 3.47. The van der Waals surface area contributed by atoms with Crippen LogP contribution in [-0.4, -0.2) is 14.1 Å². The van der Waals surface area contributed by atoms with Gasteiger partial charge in [-0.2, -0.15) is 10.4 Å². The van der Waals surface area contributed by atoms with Gasteiger partial charge in [0.15, 0.2) is 0 Å². The summed E-state index contributed by atoms with van der Waals surface area (Å²) in [6.07, 6.45) is 0. The number of hydrogen-bond donors (Lipinski definition) is 0. The first-order chi connectivity index (χ1) is 11.2. The summed E-state index contributed by atoms with van der Waals surface area (Å²) in [4.78, 5) is 4.48. The lowest BCUT2D eigenvalue weighted by atomic mass is 10.2. The molecule has 0 fully saturated rings. The standard InChI is InChI=1S/C17H14N4S2/c1-21(2)17-14(10-16(23-17)15-4-3-9-22-15)20-19-13-7-5-12(11-18)6-8-13/h3-10H,1-2H3. The number of nitrogens with zero attached hydrogens (tertiary/aromatic N) is 4. The van der Waals surface area contributed by atoms with Crippen molar-refractivity contribution in [1.82, 2.24) is 0 Å². The highest BCUT2D eigenvalue weighted by Crippen LogP contribution is 2.43. The molecule has 3 rings (SSSR count). The summed E-state index contributed by atoms with van der Waals surface area (Å²) in [5.74, 6) is 0. The number of anilines is 1. The highest BCUT2D eigenvalue weighted by atomic mass is 32.1. The molecular formula is C17H14N4S2. The van der Waals surface area contributed by atoms with Crippen molar-refractivity contribution in [2.45, 2.75) is 0 Å². The Bertz CT molecular complexity index is 853. The monoisotopic (exact) mass is 338 g/mol. The molecule has 0 saturated carbocycles. The van der Waals surface area contributed by atoms with Crippen LogP contribution in [0.25, 0.3) is 9.75 Å². The van der Waals surface area contributed by atoms with Crippen LogP contribution in [0.4, 0.5) is 16.4 Å². The van der Waals surface area contributed by atoms with Gasteiger partial charge in [0, 0.05) is 23.8 Å². The normalized spacial score (nSPS) is 10.8. The lowest BCUT2D eigenvalue weighted by Crippen LogP contribution is -2.06. The van der Waals surface area contributed by atoms with E-state index in [1.165, 1.54) is 9.75 Å². The maximum absolute atomic E-state index is 8.82. The lowest BCUT2D eigenvalue weighted by molar-refractivity contribution is 1.14. The van der Waals surface area contributed by atoms with Crippen molar-refractivity contribution >= 4 is 39.0 Å². The highest BCUT2D eigenvalue weighted by molar-refractivity contribution is 7.24. The average Bonchev–Trinajstić information content (AvgIpc) is 3.22. The number of thiophene rings is 2. The molecule has 0 N–H and O–H groups in total. The van der Waals surface area contributed by atoms with Crippen molar-refractivity contribution in [1.29, 1.82) is 5.26 Å². The van der Waals surface area contributed by atoms with Gasteiger partial charge >= 0.3 is 0 Å². The average molecular weight is 338 g/mol. The summed E-state index contributed by atoms with van der Waals surface area (Å²) in [7, 11) is 4.01. The van der Waals surface area contributed by atoms with Crippen LogP contribution >= 0.6 is 22.7 Å². The Balaban J connectivity index is 1.91. The van der Waals surface area contributed by atoms with E-state index < -0.39 is 0 Å². The van der Waals surface area contributed by atoms with Gasteiger partial charge in [-0.25, -0.2) is 0 Å². The number of rotatable bonds is 4. The first-order valence-electron chi connectivity index (χ1n) is 6.94. The summed E-state index contributed by atoms with van der Waals surface area (Å²) >= 11 is 3.42. The smallest absolute Gasteiger partial charge is 0.121 e. The van der Waals surface area contributed by atoms with Crippen molar-refractivity contribution in [3.8, 4) is 15.8 Å². The highest BCUT2D eigenvalue weighted by Gasteiger charge is 2.12. The molecular weight excluding hydrogens is 324 g/mol. The van der Waals surface area contributed by atoms with E-state index in [2.05, 4.69) is 38.7 Å². The topological polar surface area (TPSA) is 51.8 Å². The van der Waals surface area contributed by atoms with E-state index in [0.29, 0.717) is 5.56 Å². The van der Waals surface area contributed by atoms with Crippen molar-refractivity contribution < 1.29 is 0 Å². The van der Waals surface area contributed by atoms with Crippen molar-refractivity contribution in [2.24, 2.45) is 10.2 Å². The van der Waals surface area contributed by atoms with Crippen LogP contribution in [0, 0.1) is 11.3 Å². The first-order valence-corrected chi connectivity index (χ1v) is 8.64. The minimum atomic E-state index is 0.619. The number of nitriles is 1. The zero-order chi connectivity index (χ0) is 16.2. The number of hydrogen-bond acceptors (Lipinski definition) is 6. The fraction of sp³-hybridized carbons (Fsp3) is 0.118. The molecule has 4 nitrogen and oxygen atoms in total. The van der Waals surface area contributed by atoms with E-state index in [9.17, 15) is 0 Å². The van der Waals surface area contributed by atoms with E-state index in [4.69, 9.17) is 5.26 Å². The molecule has 0 unspecified atom stereocenters. The third-order valence-electron chi connectivity index (χ3n) is 3.13. The Kier molecular flexibility index (Phi) is 4.51. The molecule has 3 aromatic rings. The van der Waals surface area contributed by atoms with Gasteiger partial charge in [0.05, 0.1) is 17.3 Å². The van der Waals surface area contributed by atoms with Crippen molar-refractivity contribution in [3.05, 3.63) is 53.4 Å². The molecule has 0 radical (unpaired) electrons. The summed E-state index contributed by atoms with van der Waals surface area (Å²) < 4.78 is 0. The van der Waals surface area contributed by atoms with Gasteiger partial charge in [-0.3, -0.25) is 0 Å². The second kappa shape index (κ2) is 6.73. The Hall–Kier alpha value is -2.49. The first kappa shape index (κ1) is 15.4. The second-order valence-corrected chi connectivity index (χ2v) is 7.01. The predicted octanol–water partition coefficient (Wildman–Crippen LogP) is 5.83. The molecule has 0 spiro atoms. The van der Waals surface area contributed by atoms with E-state index in [1.807, 2.05) is 20.2 Å². The molecule has 0 aliphatic rings. The van der Waals surface area contributed by atoms with Crippen LogP contribution in [0.5, 0.6) is 0 Å². The quantitative estimate of drug-likeness (QED) is 0.562. The summed E-state index contributed by atoms with van der Waals surface area (Å²) in [5, 5.41) is 20.7. The molecule has 6 heteroatoms. The van der Waals surface area contributed by atoms with Crippen LogP contribution in [0.15, 0.2) is 58.1 Å². The molecule has 2 heterocycles. The molecule has 2 aromatic heterocycles. The number of azo groups is 1. The minimum Gasteiger partial charge on any atom is -0.368 e. The SMILES string of the molecule is CN(C)c1sc(-c2cccs2)cc1N=Nc1ccc(C#N)cc1. The molecule has 1 aromatic carbocycles. The third-order valence-corrected chi connectivity index (χ3v) is 5.49. The Labute approximate surface area is 143 Å². The Morgan fingerprint density at radius 3 is 2.43 bits per heavy atom. The molecule has 0 aliphatic carbocycles. The van der Waals surface area contributed by atoms with E-state index >= 15 is 0 Å². The maximum atomic E-state index is 8.82. The summed E-state index contributed by atoms with van der Waals surface area (Å²) in [6, 6.07) is 15.4. The van der Waals surface area contributed by atoms with Crippen LogP contribution in [-0.2, 0) is 0 Å². The Morgan fingerprint density at radius 2 is 1.83 bits per heavy atom. The van der Waals surface area contributed by atoms with E-state index in [-0.39, 0.29) is 0 Å². The van der Waals surface area contributed by atoms with Crippen molar-refractivity contribution in [3.63, 3.8) is 0 Å². The largest absolute Gasteiger partial charge is 0.368 e. The zero-order valence-corrected chi connectivity index (χ0v) is 14.4. The molecule has 23 heavy (non-hydrogen) atoms. The fourth-order valence-electron chi connectivity index (χ4n) is 2.02. The van der Waals surface area contributed by atoms with Gasteiger partial charge < -0.3 is 4.90 Å². The van der Waals surface area contributed by atoms with Gasteiger partial charge in [-0.15, -0.1) is 27.8 Å². The minimum absolute atomic E-state index is 0.619. The maximum Gasteiger partial charge on any atom is 0.121 e. The Morgan fingerprint density at radius 1 is 1.04 bits per heavy atom. The van der Waals surface area contributed by atoms with Crippen LogP contribution in [0.1, 0.15) is 5.56 Å². The summed E-state index contributed by atoms with van der Waals surface area (Å²) in [5.41, 5.74) is 2.21. The van der Waals surface area contributed by atoms with Gasteiger partial charge in [-0.05, 0) is 41.8 Å². The molecule has 0 aliphatic heterocycles. The molecule has 0 atom stereocenters. The molecule has 0 amide bonds. The van der Waals surface area contributed by atoms with E-state index in [0.717, 1.165) is 16.4 Å². The van der Waals surface area contributed by atoms with Crippen LogP contribution < -0.4 is 4.90 Å². The molecule has 0 saturated heterocycles. The van der Waals surface area contributed by atoms with Gasteiger partial charge in [0.25, 0.3) is 0 Å².